The van der Waals surface area contributed by atoms with Gasteiger partial charge in [0, 0.05) is 25.4 Å². The van der Waals surface area contributed by atoms with E-state index >= 15 is 0 Å². The number of aliphatic carboxylic acids is 1. The molecule has 1 unspecified atom stereocenters. The number of rotatable bonds is 6. The number of nitrogens with zero attached hydrogens (tertiary/aromatic N) is 3. The number of benzene rings is 1. The Bertz CT molecular complexity index is 720. The number of aromatic nitrogens is 2. The quantitative estimate of drug-likeness (QED) is 0.873. The van der Waals surface area contributed by atoms with Crippen LogP contribution >= 0.6 is 0 Å². The summed E-state index contributed by atoms with van der Waals surface area (Å²) in [6.07, 6.45) is 4.98. The Morgan fingerprint density at radius 1 is 1.36 bits per heavy atom. The molecule has 25 heavy (non-hydrogen) atoms. The summed E-state index contributed by atoms with van der Waals surface area (Å²) < 4.78 is 7.06. The summed E-state index contributed by atoms with van der Waals surface area (Å²) in [7, 11) is 1.48. The summed E-state index contributed by atoms with van der Waals surface area (Å²) in [5, 5.41) is 13.7. The maximum Gasteiger partial charge on any atom is 0.333 e. The third-order valence-corrected chi connectivity index (χ3v) is 4.96. The molecule has 2 heterocycles. The molecular formula is C19H25N3O3. The Morgan fingerprint density at radius 2 is 2.08 bits per heavy atom. The van der Waals surface area contributed by atoms with Crippen molar-refractivity contribution >= 4 is 5.97 Å². The van der Waals surface area contributed by atoms with Crippen molar-refractivity contribution in [1.29, 1.82) is 0 Å². The van der Waals surface area contributed by atoms with Crippen molar-refractivity contribution in [3.05, 3.63) is 47.8 Å². The molecule has 0 spiro atoms. The van der Waals surface area contributed by atoms with Crippen LogP contribution < -0.4 is 0 Å². The van der Waals surface area contributed by atoms with E-state index in [2.05, 4.69) is 35.3 Å². The first-order valence-electron chi connectivity index (χ1n) is 8.66. The van der Waals surface area contributed by atoms with Crippen LogP contribution in [0, 0.1) is 12.8 Å². The smallest absolute Gasteiger partial charge is 0.333 e. The highest BCUT2D eigenvalue weighted by Crippen LogP contribution is 2.24. The molecule has 0 saturated carbocycles. The van der Waals surface area contributed by atoms with E-state index in [0.717, 1.165) is 38.2 Å². The van der Waals surface area contributed by atoms with Gasteiger partial charge >= 0.3 is 5.97 Å². The van der Waals surface area contributed by atoms with Crippen LogP contribution in [0.25, 0.3) is 5.69 Å². The molecule has 6 nitrogen and oxygen atoms in total. The van der Waals surface area contributed by atoms with E-state index in [1.807, 2.05) is 23.0 Å². The van der Waals surface area contributed by atoms with Crippen LogP contribution in [0.4, 0.5) is 0 Å². The SMILES string of the molecule is COC(C(=O)O)C1CCN(Cc2cnn(-c3ccccc3C)c2)CC1. The summed E-state index contributed by atoms with van der Waals surface area (Å²) >= 11 is 0. The largest absolute Gasteiger partial charge is 0.479 e. The highest BCUT2D eigenvalue weighted by molar-refractivity contribution is 5.72. The number of hydrogen-bond donors (Lipinski definition) is 1. The number of carboxylic acids is 1. The Balaban J connectivity index is 1.58. The van der Waals surface area contributed by atoms with Gasteiger partial charge in [0.1, 0.15) is 0 Å². The standard InChI is InChI=1S/C19H25N3O3/c1-14-5-3-4-6-17(14)22-13-15(11-20-22)12-21-9-7-16(8-10-21)18(25-2)19(23)24/h3-6,11,13,16,18H,7-10,12H2,1-2H3,(H,23,24). The molecule has 1 aliphatic heterocycles. The average molecular weight is 343 g/mol. The average Bonchev–Trinajstić information content (AvgIpc) is 3.05. The fourth-order valence-electron chi connectivity index (χ4n) is 3.56. The summed E-state index contributed by atoms with van der Waals surface area (Å²) in [5.41, 5.74) is 3.46. The highest BCUT2D eigenvalue weighted by atomic mass is 16.5. The third kappa shape index (κ3) is 4.08. The van der Waals surface area contributed by atoms with Crippen LogP contribution in [0.2, 0.25) is 0 Å². The second-order valence-corrected chi connectivity index (χ2v) is 6.69. The van der Waals surface area contributed by atoms with Gasteiger partial charge in [-0.3, -0.25) is 4.90 Å². The van der Waals surface area contributed by atoms with Gasteiger partial charge in [0.05, 0.1) is 11.9 Å². The van der Waals surface area contributed by atoms with Crippen LogP contribution in [0.1, 0.15) is 24.0 Å². The van der Waals surface area contributed by atoms with Crippen LogP contribution in [-0.2, 0) is 16.1 Å². The summed E-state index contributed by atoms with van der Waals surface area (Å²) in [6.45, 7) is 4.68. The van der Waals surface area contributed by atoms with Crippen molar-refractivity contribution in [3.63, 3.8) is 0 Å². The molecule has 2 aromatic rings. The second-order valence-electron chi connectivity index (χ2n) is 6.69. The van der Waals surface area contributed by atoms with Crippen LogP contribution in [0.15, 0.2) is 36.7 Å². The number of hydrogen-bond acceptors (Lipinski definition) is 4. The van der Waals surface area contributed by atoms with Crippen molar-refractivity contribution in [2.45, 2.75) is 32.4 Å². The molecule has 0 amide bonds. The molecule has 6 heteroatoms. The molecule has 1 atom stereocenters. The van der Waals surface area contributed by atoms with Crippen molar-refractivity contribution in [1.82, 2.24) is 14.7 Å². The number of methoxy groups -OCH3 is 1. The highest BCUT2D eigenvalue weighted by Gasteiger charge is 2.31. The van der Waals surface area contributed by atoms with E-state index in [1.165, 1.54) is 18.2 Å². The molecule has 134 valence electrons. The zero-order valence-corrected chi connectivity index (χ0v) is 14.8. The molecule has 1 fully saturated rings. The first-order valence-corrected chi connectivity index (χ1v) is 8.66. The third-order valence-electron chi connectivity index (χ3n) is 4.96. The molecule has 1 aromatic carbocycles. The van der Waals surface area contributed by atoms with Crippen molar-refractivity contribution in [2.75, 3.05) is 20.2 Å². The van der Waals surface area contributed by atoms with Crippen molar-refractivity contribution in [3.8, 4) is 5.69 Å². The summed E-state index contributed by atoms with van der Waals surface area (Å²) in [4.78, 5) is 13.6. The molecule has 1 saturated heterocycles. The zero-order valence-electron chi connectivity index (χ0n) is 14.8. The number of aryl methyl sites for hydroxylation is 1. The fourth-order valence-corrected chi connectivity index (χ4v) is 3.56. The van der Waals surface area contributed by atoms with Crippen LogP contribution in [-0.4, -0.2) is 52.1 Å². The number of ether oxygens (including phenoxy) is 1. The first-order chi connectivity index (χ1) is 12.1. The molecule has 0 radical (unpaired) electrons. The number of carboxylic acid groups (broad SMARTS) is 1. The topological polar surface area (TPSA) is 67.6 Å². The van der Waals surface area contributed by atoms with E-state index in [1.54, 1.807) is 0 Å². The number of para-hydroxylation sites is 1. The zero-order chi connectivity index (χ0) is 17.8. The van der Waals surface area contributed by atoms with E-state index in [9.17, 15) is 9.90 Å². The molecule has 1 aromatic heterocycles. The molecule has 0 bridgehead atoms. The van der Waals surface area contributed by atoms with Crippen LogP contribution in [0.3, 0.4) is 0 Å². The lowest BCUT2D eigenvalue weighted by Gasteiger charge is -2.33. The Hall–Kier alpha value is -2.18. The Morgan fingerprint density at radius 3 is 2.72 bits per heavy atom. The molecule has 3 rings (SSSR count). The van der Waals surface area contributed by atoms with Crippen LogP contribution in [0.5, 0.6) is 0 Å². The van der Waals surface area contributed by atoms with E-state index < -0.39 is 12.1 Å². The molecule has 0 aliphatic carbocycles. The second kappa shape index (κ2) is 7.80. The van der Waals surface area contributed by atoms with E-state index in [0.29, 0.717) is 0 Å². The molecule has 1 N–H and O–H groups in total. The number of carbonyl (C=O) groups is 1. The minimum atomic E-state index is -0.861. The number of piperidine rings is 1. The summed E-state index contributed by atoms with van der Waals surface area (Å²) in [5.74, 6) is -0.770. The van der Waals surface area contributed by atoms with Crippen molar-refractivity contribution in [2.24, 2.45) is 5.92 Å². The lowest BCUT2D eigenvalue weighted by Crippen LogP contribution is -2.41. The predicted molar refractivity (Wildman–Crippen MR) is 94.7 cm³/mol. The van der Waals surface area contributed by atoms with Gasteiger partial charge in [0.15, 0.2) is 6.10 Å². The summed E-state index contributed by atoms with van der Waals surface area (Å²) in [6, 6.07) is 8.19. The minimum absolute atomic E-state index is 0.0911. The van der Waals surface area contributed by atoms with E-state index in [4.69, 9.17) is 4.74 Å². The fraction of sp³-hybridized carbons (Fsp3) is 0.474. The van der Waals surface area contributed by atoms with Crippen molar-refractivity contribution < 1.29 is 14.6 Å². The maximum absolute atomic E-state index is 11.2. The molecular weight excluding hydrogens is 318 g/mol. The predicted octanol–water partition coefficient (Wildman–Crippen LogP) is 2.49. The van der Waals surface area contributed by atoms with Gasteiger partial charge in [0.25, 0.3) is 0 Å². The lowest BCUT2D eigenvalue weighted by molar-refractivity contribution is -0.153. The van der Waals surface area contributed by atoms with Gasteiger partial charge in [-0.1, -0.05) is 18.2 Å². The normalized spacial score (nSPS) is 17.5. The monoisotopic (exact) mass is 343 g/mol. The number of likely N-dealkylation sites (tertiary alicyclic amines) is 1. The van der Waals surface area contributed by atoms with Gasteiger partial charge < -0.3 is 9.84 Å². The first kappa shape index (κ1) is 17.6. The maximum atomic E-state index is 11.2. The molecule has 1 aliphatic rings. The lowest BCUT2D eigenvalue weighted by atomic mass is 9.91. The van der Waals surface area contributed by atoms with Gasteiger partial charge in [-0.2, -0.15) is 5.10 Å². The minimum Gasteiger partial charge on any atom is -0.479 e. The van der Waals surface area contributed by atoms with Gasteiger partial charge in [-0.15, -0.1) is 0 Å². The van der Waals surface area contributed by atoms with Gasteiger partial charge in [-0.05, 0) is 50.4 Å². The Labute approximate surface area is 148 Å². The van der Waals surface area contributed by atoms with Gasteiger partial charge in [0.2, 0.25) is 0 Å². The Kier molecular flexibility index (Phi) is 5.50. The van der Waals surface area contributed by atoms with Gasteiger partial charge in [-0.25, -0.2) is 9.48 Å². The van der Waals surface area contributed by atoms with E-state index in [-0.39, 0.29) is 5.92 Å².